The number of benzene rings is 9. The largest absolute Gasteiger partial charge is 0.456 e. The summed E-state index contributed by atoms with van der Waals surface area (Å²) in [5.74, 6) is 1.77. The second-order valence-corrected chi connectivity index (χ2v) is 15.6. The van der Waals surface area contributed by atoms with Crippen molar-refractivity contribution in [2.45, 2.75) is 0 Å². The summed E-state index contributed by atoms with van der Waals surface area (Å²) in [6.45, 7) is 0. The quantitative estimate of drug-likeness (QED) is 0.161. The number of para-hydroxylation sites is 1. The normalized spacial score (nSPS) is 11.5. The fourth-order valence-corrected chi connectivity index (χ4v) is 8.89. The first-order valence-electron chi connectivity index (χ1n) is 20.8. The average Bonchev–Trinajstić information content (AvgIpc) is 3.91. The van der Waals surface area contributed by atoms with Gasteiger partial charge in [-0.15, -0.1) is 0 Å². The van der Waals surface area contributed by atoms with Crippen LogP contribution in [0.4, 0.5) is 0 Å². The Morgan fingerprint density at radius 3 is 1.32 bits per heavy atom. The van der Waals surface area contributed by atoms with Gasteiger partial charge in [0, 0.05) is 38.5 Å². The van der Waals surface area contributed by atoms with Gasteiger partial charge >= 0.3 is 0 Å². The topological polar surface area (TPSA) is 56.7 Å². The van der Waals surface area contributed by atoms with Crippen molar-refractivity contribution >= 4 is 43.7 Å². The van der Waals surface area contributed by atoms with E-state index in [1.54, 1.807) is 0 Å². The maximum Gasteiger partial charge on any atom is 0.164 e. The van der Waals surface area contributed by atoms with Crippen LogP contribution >= 0.6 is 0 Å². The lowest BCUT2D eigenvalue weighted by Gasteiger charge is -2.12. The van der Waals surface area contributed by atoms with E-state index in [-0.39, 0.29) is 0 Å². The van der Waals surface area contributed by atoms with Crippen molar-refractivity contribution in [3.8, 4) is 73.2 Å². The van der Waals surface area contributed by atoms with Gasteiger partial charge in [-0.05, 0) is 69.8 Å². The first-order valence-corrected chi connectivity index (χ1v) is 20.8. The van der Waals surface area contributed by atoms with E-state index in [0.29, 0.717) is 17.5 Å². The Morgan fingerprint density at radius 2 is 0.758 bits per heavy atom. The first kappa shape index (κ1) is 35.5. The van der Waals surface area contributed by atoms with Crippen molar-refractivity contribution in [2.24, 2.45) is 0 Å². The molecule has 0 fully saturated rings. The van der Waals surface area contributed by atoms with E-state index >= 15 is 0 Å². The first-order chi connectivity index (χ1) is 30.7. The van der Waals surface area contributed by atoms with Crippen LogP contribution in [0, 0.1) is 0 Å². The van der Waals surface area contributed by atoms with Crippen molar-refractivity contribution in [1.29, 1.82) is 0 Å². The molecule has 0 aliphatic heterocycles. The highest BCUT2D eigenvalue weighted by Gasteiger charge is 2.23. The van der Waals surface area contributed by atoms with E-state index in [4.69, 9.17) is 19.4 Å². The van der Waals surface area contributed by atoms with E-state index in [1.807, 2.05) is 24.3 Å². The molecule has 0 N–H and O–H groups in total. The maximum atomic E-state index is 6.74. The van der Waals surface area contributed by atoms with Gasteiger partial charge in [-0.3, -0.25) is 0 Å². The van der Waals surface area contributed by atoms with Crippen LogP contribution in [0.25, 0.3) is 117 Å². The number of fused-ring (bicyclic) bond motifs is 7. The standard InChI is InChI=1S/C57H36N4O/c1-4-13-37(14-5-1)40-23-27-43(28-24-40)55-58-56(44-29-25-41(26-30-44)38-15-6-2-7-16-38)60-57(59-55)48-20-12-22-50-52(48)53-51(62-50)36-35-47-46-19-10-11-21-49(46)61(54(47)53)45-33-31-42(32-34-45)39-17-8-3-9-18-39/h1-36H. The highest BCUT2D eigenvalue weighted by Crippen LogP contribution is 2.44. The Balaban J connectivity index is 1.08. The average molecular weight is 793 g/mol. The summed E-state index contributed by atoms with van der Waals surface area (Å²) < 4.78 is 9.12. The molecule has 0 spiro atoms. The van der Waals surface area contributed by atoms with Crippen LogP contribution in [0.15, 0.2) is 223 Å². The number of nitrogens with zero attached hydrogens (tertiary/aromatic N) is 4. The van der Waals surface area contributed by atoms with E-state index in [9.17, 15) is 0 Å². The van der Waals surface area contributed by atoms with E-state index < -0.39 is 0 Å². The molecule has 0 aliphatic carbocycles. The third-order valence-electron chi connectivity index (χ3n) is 11.9. The van der Waals surface area contributed by atoms with Gasteiger partial charge in [0.05, 0.1) is 16.4 Å². The molecule has 3 aromatic heterocycles. The molecule has 0 aliphatic rings. The summed E-state index contributed by atoms with van der Waals surface area (Å²) in [6.07, 6.45) is 0. The van der Waals surface area contributed by atoms with Crippen molar-refractivity contribution in [3.63, 3.8) is 0 Å². The number of hydrogen-bond acceptors (Lipinski definition) is 4. The van der Waals surface area contributed by atoms with Crippen molar-refractivity contribution in [1.82, 2.24) is 19.5 Å². The molecule has 12 aromatic rings. The molecule has 290 valence electrons. The fraction of sp³-hybridized carbons (Fsp3) is 0. The van der Waals surface area contributed by atoms with Crippen LogP contribution in [-0.2, 0) is 0 Å². The van der Waals surface area contributed by atoms with Crippen molar-refractivity contribution < 1.29 is 4.42 Å². The third-order valence-corrected chi connectivity index (χ3v) is 11.9. The molecule has 3 heterocycles. The number of furan rings is 1. The SMILES string of the molecule is c1ccc(-c2ccc(-c3nc(-c4ccc(-c5ccccc5)cc4)nc(-c4cccc5oc6ccc7c8ccccc8n(-c8ccc(-c9ccccc9)cc8)c7c6c45)n3)cc2)cc1. The number of rotatable bonds is 7. The lowest BCUT2D eigenvalue weighted by Crippen LogP contribution is -2.00. The smallest absolute Gasteiger partial charge is 0.164 e. The second-order valence-electron chi connectivity index (χ2n) is 15.6. The molecule has 0 atom stereocenters. The van der Waals surface area contributed by atoms with Crippen LogP contribution in [0.1, 0.15) is 0 Å². The summed E-state index contributed by atoms with van der Waals surface area (Å²) in [7, 11) is 0. The van der Waals surface area contributed by atoms with E-state index in [1.165, 1.54) is 16.5 Å². The van der Waals surface area contributed by atoms with E-state index in [2.05, 4.69) is 199 Å². The fourth-order valence-electron chi connectivity index (χ4n) is 8.89. The van der Waals surface area contributed by atoms with Gasteiger partial charge in [-0.25, -0.2) is 15.0 Å². The van der Waals surface area contributed by atoms with Gasteiger partial charge in [-0.1, -0.05) is 182 Å². The predicted octanol–water partition coefficient (Wildman–Crippen LogP) is 14.9. The molecule has 0 unspecified atom stereocenters. The van der Waals surface area contributed by atoms with Gasteiger partial charge in [0.15, 0.2) is 17.5 Å². The minimum Gasteiger partial charge on any atom is -0.456 e. The molecule has 12 rings (SSSR count). The Bertz CT molecular complexity index is 3480. The van der Waals surface area contributed by atoms with Gasteiger partial charge in [0.1, 0.15) is 11.2 Å². The van der Waals surface area contributed by atoms with E-state index in [0.717, 1.165) is 83.0 Å². The minimum atomic E-state index is 0.574. The van der Waals surface area contributed by atoms with Crippen molar-refractivity contribution in [2.75, 3.05) is 0 Å². The summed E-state index contributed by atoms with van der Waals surface area (Å²) in [5, 5.41) is 4.29. The minimum absolute atomic E-state index is 0.574. The Hall–Kier alpha value is -8.41. The highest BCUT2D eigenvalue weighted by atomic mass is 16.3. The molecule has 5 nitrogen and oxygen atoms in total. The Labute approximate surface area is 357 Å². The van der Waals surface area contributed by atoms with Crippen molar-refractivity contribution in [3.05, 3.63) is 218 Å². The highest BCUT2D eigenvalue weighted by molar-refractivity contribution is 6.26. The maximum absolute atomic E-state index is 6.74. The van der Waals surface area contributed by atoms with Gasteiger partial charge in [0.2, 0.25) is 0 Å². The predicted molar refractivity (Wildman–Crippen MR) is 254 cm³/mol. The van der Waals surface area contributed by atoms with Crippen LogP contribution < -0.4 is 0 Å². The van der Waals surface area contributed by atoms with Crippen LogP contribution in [0.3, 0.4) is 0 Å². The van der Waals surface area contributed by atoms with Gasteiger partial charge in [0.25, 0.3) is 0 Å². The Morgan fingerprint density at radius 1 is 0.306 bits per heavy atom. The van der Waals surface area contributed by atoms with Crippen LogP contribution in [0.5, 0.6) is 0 Å². The molecule has 0 saturated heterocycles. The van der Waals surface area contributed by atoms with Crippen LogP contribution in [-0.4, -0.2) is 19.5 Å². The molecular formula is C57H36N4O. The summed E-state index contributed by atoms with van der Waals surface area (Å²) in [5.41, 5.74) is 14.4. The number of hydrogen-bond donors (Lipinski definition) is 0. The zero-order chi connectivity index (χ0) is 41.0. The zero-order valence-corrected chi connectivity index (χ0v) is 33.5. The Kier molecular flexibility index (Phi) is 8.42. The molecule has 0 saturated carbocycles. The molecule has 5 heteroatoms. The third kappa shape index (κ3) is 6.06. The second kappa shape index (κ2) is 14.7. The molecule has 0 bridgehead atoms. The molecular weight excluding hydrogens is 757 g/mol. The van der Waals surface area contributed by atoms with Gasteiger partial charge < -0.3 is 8.98 Å². The molecule has 0 radical (unpaired) electrons. The summed E-state index contributed by atoms with van der Waals surface area (Å²) >= 11 is 0. The lowest BCUT2D eigenvalue weighted by atomic mass is 10.0. The lowest BCUT2D eigenvalue weighted by molar-refractivity contribution is 0.669. The van der Waals surface area contributed by atoms with Crippen LogP contribution in [0.2, 0.25) is 0 Å². The molecule has 9 aromatic carbocycles. The summed E-state index contributed by atoms with van der Waals surface area (Å²) in [6, 6.07) is 76.2. The summed E-state index contributed by atoms with van der Waals surface area (Å²) in [4.78, 5) is 15.7. The number of aromatic nitrogens is 4. The molecule has 62 heavy (non-hydrogen) atoms. The molecule has 0 amide bonds. The zero-order valence-electron chi connectivity index (χ0n) is 33.5. The monoisotopic (exact) mass is 792 g/mol. The van der Waals surface area contributed by atoms with Gasteiger partial charge in [-0.2, -0.15) is 0 Å².